The molecule has 2 amide bonds. The maximum atomic E-state index is 12.3. The summed E-state index contributed by atoms with van der Waals surface area (Å²) >= 11 is 6.57. The Bertz CT molecular complexity index is 940. The third kappa shape index (κ3) is 3.34. The van der Waals surface area contributed by atoms with Crippen LogP contribution in [0.2, 0.25) is 5.02 Å². The van der Waals surface area contributed by atoms with E-state index in [2.05, 4.69) is 28.5 Å². The number of rotatable bonds is 5. The normalized spacial score (nSPS) is 18.0. The third-order valence-electron chi connectivity index (χ3n) is 5.95. The van der Waals surface area contributed by atoms with Crippen LogP contribution in [-0.4, -0.2) is 24.0 Å². The number of nitriles is 1. The monoisotopic (exact) mass is 400 g/mol. The van der Waals surface area contributed by atoms with Gasteiger partial charge in [-0.1, -0.05) is 37.8 Å². The lowest BCUT2D eigenvalue weighted by atomic mass is 9.74. The minimum Gasteiger partial charge on any atom is -0.459 e. The first kappa shape index (κ1) is 19.1. The molecule has 4 rings (SSSR count). The van der Waals surface area contributed by atoms with Gasteiger partial charge in [0.15, 0.2) is 0 Å². The molecule has 1 aromatic heterocycles. The minimum absolute atomic E-state index is 0.198. The predicted octanol–water partition coefficient (Wildman–Crippen LogP) is 5.12. The summed E-state index contributed by atoms with van der Waals surface area (Å²) in [5, 5.41) is 16.4. The number of fused-ring (bicyclic) bond motifs is 4. The van der Waals surface area contributed by atoms with E-state index in [1.807, 2.05) is 12.1 Å². The van der Waals surface area contributed by atoms with Gasteiger partial charge in [0, 0.05) is 23.9 Å². The summed E-state index contributed by atoms with van der Waals surface area (Å²) in [7, 11) is 0. The highest BCUT2D eigenvalue weighted by Gasteiger charge is 2.43. The second kappa shape index (κ2) is 7.65. The zero-order valence-electron chi connectivity index (χ0n) is 16.1. The summed E-state index contributed by atoms with van der Waals surface area (Å²) in [6.45, 7) is 4.28. The second-order valence-electron chi connectivity index (χ2n) is 7.74. The molecule has 0 bridgehead atoms. The van der Waals surface area contributed by atoms with Gasteiger partial charge in [0.05, 0.1) is 28.9 Å². The standard InChI is InChI=1S/C21H25ClN4O2/c1-2-26(10-6-9-23)13-15-11-14-12-16(22)18-17(19(14)28-15)21(25-20(27)24-18)7-4-3-5-8-21/h11-12H,2-8,10,13H2,1H3,(H2,24,25,27). The maximum absolute atomic E-state index is 12.3. The largest absolute Gasteiger partial charge is 0.459 e. The van der Waals surface area contributed by atoms with Gasteiger partial charge in [0.25, 0.3) is 0 Å². The number of nitrogens with zero attached hydrogens (tertiary/aromatic N) is 2. The molecule has 148 valence electrons. The fourth-order valence-corrected chi connectivity index (χ4v) is 4.85. The van der Waals surface area contributed by atoms with Crippen molar-refractivity contribution in [3.05, 3.63) is 28.5 Å². The van der Waals surface area contributed by atoms with Crippen molar-refractivity contribution in [2.24, 2.45) is 0 Å². The summed E-state index contributed by atoms with van der Waals surface area (Å²) in [5.41, 5.74) is 2.05. The molecule has 1 spiro atoms. The quantitative estimate of drug-likeness (QED) is 0.730. The molecule has 0 atom stereocenters. The molecule has 1 fully saturated rings. The molecular formula is C21H25ClN4O2. The first-order chi connectivity index (χ1) is 13.6. The summed E-state index contributed by atoms with van der Waals surface area (Å²) in [6, 6.07) is 5.90. The zero-order chi connectivity index (χ0) is 19.7. The van der Waals surface area contributed by atoms with Gasteiger partial charge in [-0.15, -0.1) is 0 Å². The fourth-order valence-electron chi connectivity index (χ4n) is 4.59. The van der Waals surface area contributed by atoms with Crippen molar-refractivity contribution < 1.29 is 9.21 Å². The number of nitrogens with one attached hydrogen (secondary N) is 2. The Morgan fingerprint density at radius 1 is 1.32 bits per heavy atom. The molecule has 1 aliphatic carbocycles. The average molecular weight is 401 g/mol. The Morgan fingerprint density at radius 2 is 2.11 bits per heavy atom. The number of carbonyl (C=O) groups excluding carboxylic acids is 1. The summed E-state index contributed by atoms with van der Waals surface area (Å²) in [6.07, 6.45) is 5.59. The number of hydrogen-bond donors (Lipinski definition) is 2. The van der Waals surface area contributed by atoms with Crippen LogP contribution >= 0.6 is 11.6 Å². The van der Waals surface area contributed by atoms with Crippen LogP contribution in [0.5, 0.6) is 0 Å². The van der Waals surface area contributed by atoms with Gasteiger partial charge in [-0.3, -0.25) is 4.90 Å². The zero-order valence-corrected chi connectivity index (χ0v) is 16.9. The van der Waals surface area contributed by atoms with E-state index in [9.17, 15) is 4.79 Å². The van der Waals surface area contributed by atoms with Crippen molar-refractivity contribution in [2.45, 2.75) is 57.5 Å². The molecule has 1 aromatic carbocycles. The van der Waals surface area contributed by atoms with E-state index in [0.29, 0.717) is 30.2 Å². The number of anilines is 1. The number of furan rings is 1. The van der Waals surface area contributed by atoms with Gasteiger partial charge >= 0.3 is 6.03 Å². The molecule has 0 radical (unpaired) electrons. The van der Waals surface area contributed by atoms with E-state index in [1.54, 1.807) is 0 Å². The second-order valence-corrected chi connectivity index (χ2v) is 8.15. The Morgan fingerprint density at radius 3 is 2.82 bits per heavy atom. The van der Waals surface area contributed by atoms with Crippen LogP contribution in [0, 0.1) is 11.3 Å². The van der Waals surface area contributed by atoms with Crippen molar-refractivity contribution in [1.29, 1.82) is 5.26 Å². The average Bonchev–Trinajstić information content (AvgIpc) is 3.07. The summed E-state index contributed by atoms with van der Waals surface area (Å²) in [4.78, 5) is 14.5. The fraction of sp³-hybridized carbons (Fsp3) is 0.524. The maximum Gasteiger partial charge on any atom is 0.319 e. The first-order valence-electron chi connectivity index (χ1n) is 10.00. The van der Waals surface area contributed by atoms with E-state index in [1.165, 1.54) is 6.42 Å². The summed E-state index contributed by atoms with van der Waals surface area (Å²) < 4.78 is 6.32. The van der Waals surface area contributed by atoms with Gasteiger partial charge in [-0.25, -0.2) is 4.79 Å². The number of urea groups is 1. The highest BCUT2D eigenvalue weighted by molar-refractivity contribution is 6.35. The molecule has 1 aliphatic heterocycles. The van der Waals surface area contributed by atoms with Gasteiger partial charge in [-0.2, -0.15) is 5.26 Å². The van der Waals surface area contributed by atoms with Crippen molar-refractivity contribution in [1.82, 2.24) is 10.2 Å². The van der Waals surface area contributed by atoms with E-state index >= 15 is 0 Å². The smallest absolute Gasteiger partial charge is 0.319 e. The molecule has 7 heteroatoms. The third-order valence-corrected chi connectivity index (χ3v) is 6.25. The van der Waals surface area contributed by atoms with Gasteiger partial charge in [-0.05, 0) is 31.5 Å². The molecule has 28 heavy (non-hydrogen) atoms. The number of hydrogen-bond acceptors (Lipinski definition) is 4. The number of benzene rings is 1. The van der Waals surface area contributed by atoms with Gasteiger partial charge in [0.2, 0.25) is 0 Å². The molecule has 2 N–H and O–H groups in total. The number of carbonyl (C=O) groups is 1. The number of amides is 2. The highest BCUT2D eigenvalue weighted by Crippen LogP contribution is 2.48. The molecule has 1 saturated carbocycles. The Hall–Kier alpha value is -2.23. The lowest BCUT2D eigenvalue weighted by Crippen LogP contribution is -2.52. The van der Waals surface area contributed by atoms with E-state index in [0.717, 1.165) is 54.5 Å². The highest BCUT2D eigenvalue weighted by atomic mass is 35.5. The molecule has 6 nitrogen and oxygen atoms in total. The molecule has 2 aliphatic rings. The van der Waals surface area contributed by atoms with Crippen molar-refractivity contribution in [3.63, 3.8) is 0 Å². The van der Waals surface area contributed by atoms with E-state index < -0.39 is 5.54 Å². The minimum atomic E-state index is -0.417. The van der Waals surface area contributed by atoms with Gasteiger partial charge in [0.1, 0.15) is 11.3 Å². The van der Waals surface area contributed by atoms with Crippen LogP contribution in [-0.2, 0) is 12.1 Å². The Kier molecular flexibility index (Phi) is 5.22. The van der Waals surface area contributed by atoms with E-state index in [-0.39, 0.29) is 6.03 Å². The van der Waals surface area contributed by atoms with Crippen molar-refractivity contribution >= 4 is 34.3 Å². The molecule has 0 saturated heterocycles. The lowest BCUT2D eigenvalue weighted by Gasteiger charge is -2.42. The molecular weight excluding hydrogens is 376 g/mol. The van der Waals surface area contributed by atoms with E-state index in [4.69, 9.17) is 21.3 Å². The number of halogens is 1. The Labute approximate surface area is 169 Å². The van der Waals surface area contributed by atoms with Crippen LogP contribution in [0.3, 0.4) is 0 Å². The van der Waals surface area contributed by atoms with Crippen LogP contribution in [0.25, 0.3) is 11.0 Å². The molecule has 0 unspecified atom stereocenters. The van der Waals surface area contributed by atoms with Crippen LogP contribution in [0.4, 0.5) is 10.5 Å². The predicted molar refractivity (Wildman–Crippen MR) is 109 cm³/mol. The van der Waals surface area contributed by atoms with Gasteiger partial charge < -0.3 is 15.1 Å². The molecule has 2 aromatic rings. The van der Waals surface area contributed by atoms with Crippen molar-refractivity contribution in [2.75, 3.05) is 18.4 Å². The summed E-state index contributed by atoms with van der Waals surface area (Å²) in [5.74, 6) is 0.849. The Balaban J connectivity index is 1.79. The first-order valence-corrected chi connectivity index (χ1v) is 10.4. The topological polar surface area (TPSA) is 81.3 Å². The van der Waals surface area contributed by atoms with Crippen molar-refractivity contribution in [3.8, 4) is 6.07 Å². The van der Waals surface area contributed by atoms with Crippen LogP contribution < -0.4 is 10.6 Å². The SMILES string of the molecule is CCN(CCC#N)Cc1cc2cc(Cl)c3c(c2o1)C1(CCCCC1)NC(=O)N3. The van der Waals surface area contributed by atoms with Crippen LogP contribution in [0.1, 0.15) is 56.8 Å². The van der Waals surface area contributed by atoms with Crippen LogP contribution in [0.15, 0.2) is 16.5 Å². The lowest BCUT2D eigenvalue weighted by molar-refractivity contribution is 0.208. The molecule has 2 heterocycles.